The SMILES string of the molecule is CC(C)N1CCC(NS(=O)(=O)c2c[c]ccc2Cl)CC1. The third-order valence-electron chi connectivity index (χ3n) is 3.65. The van der Waals surface area contributed by atoms with Gasteiger partial charge in [0.2, 0.25) is 10.0 Å². The van der Waals surface area contributed by atoms with Crippen LogP contribution in [0.4, 0.5) is 0 Å². The Bertz CT molecular complexity index is 552. The first kappa shape index (κ1) is 15.8. The van der Waals surface area contributed by atoms with E-state index in [0.29, 0.717) is 6.04 Å². The molecule has 2 rings (SSSR count). The largest absolute Gasteiger partial charge is 0.301 e. The van der Waals surface area contributed by atoms with E-state index < -0.39 is 10.0 Å². The number of likely N-dealkylation sites (tertiary alicyclic amines) is 1. The van der Waals surface area contributed by atoms with Crippen molar-refractivity contribution in [3.63, 3.8) is 0 Å². The molecule has 0 amide bonds. The van der Waals surface area contributed by atoms with Crippen LogP contribution in [-0.2, 0) is 10.0 Å². The second kappa shape index (κ2) is 6.43. The maximum absolute atomic E-state index is 12.3. The van der Waals surface area contributed by atoms with Crippen LogP contribution in [0.5, 0.6) is 0 Å². The minimum Gasteiger partial charge on any atom is -0.301 e. The molecule has 1 aliphatic heterocycles. The molecule has 1 aromatic rings. The minimum absolute atomic E-state index is 0.0220. The molecule has 1 aromatic carbocycles. The Morgan fingerprint density at radius 3 is 2.60 bits per heavy atom. The van der Waals surface area contributed by atoms with Gasteiger partial charge in [-0.25, -0.2) is 13.1 Å². The van der Waals surface area contributed by atoms with E-state index in [9.17, 15) is 8.42 Å². The van der Waals surface area contributed by atoms with Crippen molar-refractivity contribution in [1.29, 1.82) is 0 Å². The highest BCUT2D eigenvalue weighted by Gasteiger charge is 2.26. The lowest BCUT2D eigenvalue weighted by Gasteiger charge is -2.34. The summed E-state index contributed by atoms with van der Waals surface area (Å²) < 4.78 is 27.4. The topological polar surface area (TPSA) is 49.4 Å². The average Bonchev–Trinajstić information content (AvgIpc) is 2.39. The van der Waals surface area contributed by atoms with E-state index >= 15 is 0 Å². The Hall–Kier alpha value is -0.620. The predicted molar refractivity (Wildman–Crippen MR) is 80.3 cm³/mol. The lowest BCUT2D eigenvalue weighted by atomic mass is 10.1. The van der Waals surface area contributed by atoms with Gasteiger partial charge >= 0.3 is 0 Å². The van der Waals surface area contributed by atoms with Crippen LogP contribution in [0.3, 0.4) is 0 Å². The lowest BCUT2D eigenvalue weighted by Crippen LogP contribution is -2.46. The van der Waals surface area contributed by atoms with Gasteiger partial charge in [-0.3, -0.25) is 0 Å². The molecule has 20 heavy (non-hydrogen) atoms. The Morgan fingerprint density at radius 1 is 1.40 bits per heavy atom. The van der Waals surface area contributed by atoms with Crippen LogP contribution >= 0.6 is 11.6 Å². The average molecular weight is 316 g/mol. The molecule has 0 aliphatic carbocycles. The number of halogens is 1. The second-order valence-corrected chi connectivity index (χ2v) is 7.47. The predicted octanol–water partition coefficient (Wildman–Crippen LogP) is 2.29. The summed E-state index contributed by atoms with van der Waals surface area (Å²) in [6.07, 6.45) is 1.65. The number of rotatable bonds is 4. The normalized spacial score (nSPS) is 18.6. The summed E-state index contributed by atoms with van der Waals surface area (Å²) in [6, 6.07) is 7.79. The number of benzene rings is 1. The Labute approximate surface area is 126 Å². The fourth-order valence-electron chi connectivity index (χ4n) is 2.42. The van der Waals surface area contributed by atoms with Gasteiger partial charge in [0.05, 0.1) is 5.02 Å². The first-order valence-electron chi connectivity index (χ1n) is 6.82. The summed E-state index contributed by atoms with van der Waals surface area (Å²) in [7, 11) is -3.56. The lowest BCUT2D eigenvalue weighted by molar-refractivity contribution is 0.168. The summed E-state index contributed by atoms with van der Waals surface area (Å²) in [5.41, 5.74) is 0. The number of nitrogens with zero attached hydrogens (tertiary/aromatic N) is 1. The number of nitrogens with one attached hydrogen (secondary N) is 1. The van der Waals surface area contributed by atoms with Gasteiger partial charge in [0.1, 0.15) is 4.90 Å². The molecular weight excluding hydrogens is 296 g/mol. The van der Waals surface area contributed by atoms with Crippen molar-refractivity contribution in [3.8, 4) is 0 Å². The van der Waals surface area contributed by atoms with Gasteiger partial charge in [-0.05, 0) is 58.0 Å². The smallest absolute Gasteiger partial charge is 0.242 e. The minimum atomic E-state index is -3.56. The van der Waals surface area contributed by atoms with Crippen LogP contribution in [0.1, 0.15) is 26.7 Å². The molecule has 1 fully saturated rings. The van der Waals surface area contributed by atoms with Gasteiger partial charge in [0.25, 0.3) is 0 Å². The molecule has 0 bridgehead atoms. The molecule has 1 saturated heterocycles. The van der Waals surface area contributed by atoms with Crippen LogP contribution in [0.25, 0.3) is 0 Å². The zero-order valence-corrected chi connectivity index (χ0v) is 13.3. The van der Waals surface area contributed by atoms with Crippen LogP contribution in [0, 0.1) is 6.07 Å². The third-order valence-corrected chi connectivity index (χ3v) is 5.65. The Kier molecular flexibility index (Phi) is 5.07. The first-order valence-corrected chi connectivity index (χ1v) is 8.68. The van der Waals surface area contributed by atoms with E-state index in [1.165, 1.54) is 12.1 Å². The zero-order chi connectivity index (χ0) is 14.8. The molecule has 1 aliphatic rings. The highest BCUT2D eigenvalue weighted by molar-refractivity contribution is 7.89. The van der Waals surface area contributed by atoms with Crippen molar-refractivity contribution in [2.45, 2.75) is 43.7 Å². The van der Waals surface area contributed by atoms with Crippen LogP contribution in [0.2, 0.25) is 5.02 Å². The molecular formula is C14H20ClN2O2S. The second-order valence-electron chi connectivity index (χ2n) is 5.38. The molecule has 1 radical (unpaired) electrons. The van der Waals surface area contributed by atoms with Crippen molar-refractivity contribution in [2.24, 2.45) is 0 Å². The van der Waals surface area contributed by atoms with Gasteiger partial charge in [-0.2, -0.15) is 0 Å². The first-order chi connectivity index (χ1) is 9.40. The van der Waals surface area contributed by atoms with E-state index in [1.54, 1.807) is 6.07 Å². The molecule has 6 heteroatoms. The molecule has 0 atom stereocenters. The standard InChI is InChI=1S/C14H20ClN2O2S/c1-11(2)17-9-7-12(8-10-17)16-20(18,19)14-6-4-3-5-13(14)15/h3,5-6,11-12,16H,7-10H2,1-2H3. The summed E-state index contributed by atoms with van der Waals surface area (Å²) in [5, 5.41) is 0.232. The van der Waals surface area contributed by atoms with E-state index in [1.807, 2.05) is 0 Å². The van der Waals surface area contributed by atoms with Crippen molar-refractivity contribution in [1.82, 2.24) is 9.62 Å². The fourth-order valence-corrected chi connectivity index (χ4v) is 4.19. The molecule has 4 nitrogen and oxygen atoms in total. The van der Waals surface area contributed by atoms with Gasteiger partial charge in [-0.1, -0.05) is 17.7 Å². The number of hydrogen-bond acceptors (Lipinski definition) is 3. The fraction of sp³-hybridized carbons (Fsp3) is 0.571. The maximum Gasteiger partial charge on any atom is 0.242 e. The van der Waals surface area contributed by atoms with Crippen molar-refractivity contribution < 1.29 is 8.42 Å². The number of sulfonamides is 1. The van der Waals surface area contributed by atoms with Crippen LogP contribution in [-0.4, -0.2) is 38.5 Å². The molecule has 111 valence electrons. The van der Waals surface area contributed by atoms with Crippen LogP contribution in [0.15, 0.2) is 23.1 Å². The van der Waals surface area contributed by atoms with E-state index in [2.05, 4.69) is 29.5 Å². The van der Waals surface area contributed by atoms with Gasteiger partial charge < -0.3 is 4.90 Å². The molecule has 0 saturated carbocycles. The van der Waals surface area contributed by atoms with Crippen molar-refractivity contribution in [2.75, 3.05) is 13.1 Å². The molecule has 1 heterocycles. The summed E-state index contributed by atoms with van der Waals surface area (Å²) in [6.45, 7) is 6.15. The molecule has 0 spiro atoms. The Morgan fingerprint density at radius 2 is 2.05 bits per heavy atom. The summed E-state index contributed by atoms with van der Waals surface area (Å²) >= 11 is 5.94. The zero-order valence-electron chi connectivity index (χ0n) is 11.8. The van der Waals surface area contributed by atoms with E-state index in [0.717, 1.165) is 25.9 Å². The molecule has 0 aromatic heterocycles. The van der Waals surface area contributed by atoms with Crippen molar-refractivity contribution in [3.05, 3.63) is 29.3 Å². The van der Waals surface area contributed by atoms with Gasteiger partial charge in [0, 0.05) is 12.1 Å². The maximum atomic E-state index is 12.3. The highest BCUT2D eigenvalue weighted by atomic mass is 35.5. The monoisotopic (exact) mass is 315 g/mol. The molecule has 0 unspecified atom stereocenters. The number of hydrogen-bond donors (Lipinski definition) is 1. The highest BCUT2D eigenvalue weighted by Crippen LogP contribution is 2.22. The summed E-state index contributed by atoms with van der Waals surface area (Å²) in [4.78, 5) is 2.46. The third kappa shape index (κ3) is 3.73. The van der Waals surface area contributed by atoms with Crippen LogP contribution < -0.4 is 4.72 Å². The molecule has 1 N–H and O–H groups in total. The summed E-state index contributed by atoms with van der Waals surface area (Å²) in [5.74, 6) is 0. The number of piperidine rings is 1. The van der Waals surface area contributed by atoms with Gasteiger partial charge in [-0.15, -0.1) is 0 Å². The quantitative estimate of drug-likeness (QED) is 0.927. The van der Waals surface area contributed by atoms with E-state index in [-0.39, 0.29) is 16.0 Å². The van der Waals surface area contributed by atoms with E-state index in [4.69, 9.17) is 11.6 Å². The Balaban J connectivity index is 2.02. The van der Waals surface area contributed by atoms with Gasteiger partial charge in [0.15, 0.2) is 0 Å². The van der Waals surface area contributed by atoms with Crippen molar-refractivity contribution >= 4 is 21.6 Å².